The first kappa shape index (κ1) is 13.2. The van der Waals surface area contributed by atoms with E-state index in [1.165, 1.54) is 0 Å². The maximum atomic E-state index is 12.2. The molecule has 0 aliphatic heterocycles. The number of hydrogen-bond acceptors (Lipinski definition) is 1. The first-order valence-electron chi connectivity index (χ1n) is 6.29. The van der Waals surface area contributed by atoms with E-state index in [4.69, 9.17) is 0 Å². The third kappa shape index (κ3) is 2.63. The Morgan fingerprint density at radius 2 is 2.19 bits per heavy atom. The highest BCUT2D eigenvalue weighted by Gasteiger charge is 2.40. The second kappa shape index (κ2) is 4.99. The molecular formula is C15H24O. The largest absolute Gasteiger partial charge is 0.294 e. The van der Waals surface area contributed by atoms with Gasteiger partial charge in [-0.05, 0) is 36.7 Å². The van der Waals surface area contributed by atoms with Gasteiger partial charge >= 0.3 is 0 Å². The van der Waals surface area contributed by atoms with Crippen molar-refractivity contribution >= 4 is 5.78 Å². The highest BCUT2D eigenvalue weighted by molar-refractivity contribution is 5.94. The summed E-state index contributed by atoms with van der Waals surface area (Å²) in [7, 11) is 0. The summed E-state index contributed by atoms with van der Waals surface area (Å²) in [6, 6.07) is 0. The third-order valence-corrected chi connectivity index (χ3v) is 3.81. The number of rotatable bonds is 3. The highest BCUT2D eigenvalue weighted by Crippen LogP contribution is 2.46. The molecule has 2 atom stereocenters. The Morgan fingerprint density at radius 1 is 1.56 bits per heavy atom. The van der Waals surface area contributed by atoms with Gasteiger partial charge in [-0.2, -0.15) is 0 Å². The van der Waals surface area contributed by atoms with Crippen molar-refractivity contribution in [2.75, 3.05) is 0 Å². The minimum atomic E-state index is 0.0130. The molecule has 0 aromatic heterocycles. The Kier molecular flexibility index (Phi) is 4.12. The fraction of sp³-hybridized carbons (Fsp3) is 0.667. The quantitative estimate of drug-likeness (QED) is 0.516. The van der Waals surface area contributed by atoms with Gasteiger partial charge in [-0.1, -0.05) is 45.9 Å². The van der Waals surface area contributed by atoms with Gasteiger partial charge in [0, 0.05) is 5.92 Å². The molecule has 1 aliphatic rings. The summed E-state index contributed by atoms with van der Waals surface area (Å²) in [5.74, 6) is 0.736. The maximum absolute atomic E-state index is 12.2. The standard InChI is InChI=1S/C15H24O/c1-6-7-8-13(16)14-12(3)11(2)9-10-15(14,4)5/h7-8,11,14H,3,6,9-10H2,1-2,4-5H3/b8-7+/t11-,14-/m0/s1. The summed E-state index contributed by atoms with van der Waals surface area (Å²) < 4.78 is 0. The third-order valence-electron chi connectivity index (χ3n) is 3.81. The molecule has 0 spiro atoms. The van der Waals surface area contributed by atoms with Crippen LogP contribution in [0.25, 0.3) is 0 Å². The van der Waals surface area contributed by atoms with Crippen LogP contribution in [0.1, 0.15) is 47.0 Å². The lowest BCUT2D eigenvalue weighted by atomic mass is 9.62. The normalized spacial score (nSPS) is 29.6. The fourth-order valence-electron chi connectivity index (χ4n) is 2.60. The van der Waals surface area contributed by atoms with Crippen molar-refractivity contribution in [1.29, 1.82) is 0 Å². The molecule has 1 aliphatic carbocycles. The van der Waals surface area contributed by atoms with Crippen molar-refractivity contribution in [3.63, 3.8) is 0 Å². The number of hydrogen-bond donors (Lipinski definition) is 0. The van der Waals surface area contributed by atoms with E-state index in [1.54, 1.807) is 6.08 Å². The number of allylic oxidation sites excluding steroid dienone is 3. The first-order valence-corrected chi connectivity index (χ1v) is 6.29. The molecule has 0 aromatic carbocycles. The zero-order valence-electron chi connectivity index (χ0n) is 11.0. The van der Waals surface area contributed by atoms with Crippen LogP contribution in [-0.2, 0) is 4.79 Å². The molecule has 0 N–H and O–H groups in total. The molecule has 16 heavy (non-hydrogen) atoms. The van der Waals surface area contributed by atoms with Crippen LogP contribution in [0.3, 0.4) is 0 Å². The van der Waals surface area contributed by atoms with Crippen molar-refractivity contribution < 1.29 is 4.79 Å². The van der Waals surface area contributed by atoms with Crippen molar-refractivity contribution in [1.82, 2.24) is 0 Å². The van der Waals surface area contributed by atoms with E-state index in [0.29, 0.717) is 5.92 Å². The van der Waals surface area contributed by atoms with E-state index in [1.807, 2.05) is 13.0 Å². The molecule has 1 heteroatoms. The van der Waals surface area contributed by atoms with Crippen LogP contribution in [0, 0.1) is 17.3 Å². The molecular weight excluding hydrogens is 196 g/mol. The Hall–Kier alpha value is -0.850. The monoisotopic (exact) mass is 220 g/mol. The van der Waals surface area contributed by atoms with Crippen molar-refractivity contribution in [2.45, 2.75) is 47.0 Å². The SMILES string of the molecule is C=C1[C@@H](C(=O)/C=C/CC)C(C)(C)CC[C@@H]1C. The minimum absolute atomic E-state index is 0.0130. The summed E-state index contributed by atoms with van der Waals surface area (Å²) in [5, 5.41) is 0. The van der Waals surface area contributed by atoms with Gasteiger partial charge in [-0.15, -0.1) is 0 Å². The number of carbonyl (C=O) groups is 1. The predicted molar refractivity (Wildman–Crippen MR) is 69.2 cm³/mol. The average molecular weight is 220 g/mol. The Bertz CT molecular complexity index is 309. The van der Waals surface area contributed by atoms with E-state index in [-0.39, 0.29) is 17.1 Å². The molecule has 0 amide bonds. The average Bonchev–Trinajstić information content (AvgIpc) is 2.21. The number of carbonyl (C=O) groups excluding carboxylic acids is 1. The minimum Gasteiger partial charge on any atom is -0.294 e. The van der Waals surface area contributed by atoms with Crippen molar-refractivity contribution in [3.8, 4) is 0 Å². The second-order valence-electron chi connectivity index (χ2n) is 5.65. The Labute approximate surface area is 99.6 Å². The molecule has 1 saturated carbocycles. The molecule has 0 saturated heterocycles. The van der Waals surface area contributed by atoms with Crippen LogP contribution in [0.5, 0.6) is 0 Å². The van der Waals surface area contributed by atoms with Crippen LogP contribution < -0.4 is 0 Å². The molecule has 0 heterocycles. The highest BCUT2D eigenvalue weighted by atomic mass is 16.1. The molecule has 1 nitrogen and oxygen atoms in total. The van der Waals surface area contributed by atoms with Crippen LogP contribution in [0.2, 0.25) is 0 Å². The van der Waals surface area contributed by atoms with E-state index >= 15 is 0 Å². The zero-order chi connectivity index (χ0) is 12.3. The lowest BCUT2D eigenvalue weighted by molar-refractivity contribution is -0.121. The molecule has 1 rings (SSSR count). The van der Waals surface area contributed by atoms with Gasteiger partial charge in [0.2, 0.25) is 0 Å². The molecule has 0 bridgehead atoms. The first-order chi connectivity index (χ1) is 7.40. The van der Waals surface area contributed by atoms with E-state index in [9.17, 15) is 4.79 Å². The van der Waals surface area contributed by atoms with Gasteiger partial charge in [0.15, 0.2) is 5.78 Å². The Morgan fingerprint density at radius 3 is 2.75 bits per heavy atom. The van der Waals surface area contributed by atoms with Gasteiger partial charge in [-0.3, -0.25) is 4.79 Å². The molecule has 0 unspecified atom stereocenters. The Balaban J connectivity index is 2.92. The topological polar surface area (TPSA) is 17.1 Å². The molecule has 1 fully saturated rings. The van der Waals surface area contributed by atoms with Gasteiger partial charge in [-0.25, -0.2) is 0 Å². The van der Waals surface area contributed by atoms with Gasteiger partial charge in [0.05, 0.1) is 0 Å². The van der Waals surface area contributed by atoms with Gasteiger partial charge in [0.1, 0.15) is 0 Å². The zero-order valence-corrected chi connectivity index (χ0v) is 11.0. The fourth-order valence-corrected chi connectivity index (χ4v) is 2.60. The van der Waals surface area contributed by atoms with Gasteiger partial charge < -0.3 is 0 Å². The van der Waals surface area contributed by atoms with E-state index in [0.717, 1.165) is 24.8 Å². The van der Waals surface area contributed by atoms with E-state index in [2.05, 4.69) is 27.4 Å². The van der Waals surface area contributed by atoms with Crippen LogP contribution in [0.4, 0.5) is 0 Å². The predicted octanol–water partition coefficient (Wildman–Crippen LogP) is 4.15. The summed E-state index contributed by atoms with van der Waals surface area (Å²) >= 11 is 0. The summed E-state index contributed by atoms with van der Waals surface area (Å²) in [6.45, 7) is 12.8. The lowest BCUT2D eigenvalue weighted by Crippen LogP contribution is -2.37. The summed E-state index contributed by atoms with van der Waals surface area (Å²) in [5.41, 5.74) is 1.20. The van der Waals surface area contributed by atoms with Gasteiger partial charge in [0.25, 0.3) is 0 Å². The van der Waals surface area contributed by atoms with Crippen LogP contribution in [-0.4, -0.2) is 5.78 Å². The molecule has 90 valence electrons. The number of ketones is 1. The lowest BCUT2D eigenvalue weighted by Gasteiger charge is -2.41. The van der Waals surface area contributed by atoms with Crippen molar-refractivity contribution in [3.05, 3.63) is 24.3 Å². The second-order valence-corrected chi connectivity index (χ2v) is 5.65. The maximum Gasteiger partial charge on any atom is 0.163 e. The molecule has 0 radical (unpaired) electrons. The summed E-state index contributed by atoms with van der Waals surface area (Å²) in [4.78, 5) is 12.2. The van der Waals surface area contributed by atoms with Crippen LogP contribution in [0.15, 0.2) is 24.3 Å². The van der Waals surface area contributed by atoms with Crippen LogP contribution >= 0.6 is 0 Å². The summed E-state index contributed by atoms with van der Waals surface area (Å²) in [6.07, 6.45) is 6.89. The van der Waals surface area contributed by atoms with E-state index < -0.39 is 0 Å². The molecule has 0 aromatic rings. The smallest absolute Gasteiger partial charge is 0.163 e. The van der Waals surface area contributed by atoms with Crippen molar-refractivity contribution in [2.24, 2.45) is 17.3 Å².